The zero-order valence-electron chi connectivity index (χ0n) is 15.7. The van der Waals surface area contributed by atoms with Crippen molar-refractivity contribution in [3.8, 4) is 0 Å². The number of nitrogens with zero attached hydrogens (tertiary/aromatic N) is 2. The lowest BCUT2D eigenvalue weighted by molar-refractivity contribution is -0.135. The van der Waals surface area contributed by atoms with Gasteiger partial charge in [0.1, 0.15) is 5.60 Å². The summed E-state index contributed by atoms with van der Waals surface area (Å²) in [5.41, 5.74) is -0.514. The summed E-state index contributed by atoms with van der Waals surface area (Å²) in [7, 11) is 1.70. The predicted octanol–water partition coefficient (Wildman–Crippen LogP) is 2.52. The lowest BCUT2D eigenvalue weighted by Crippen LogP contribution is -2.45. The fourth-order valence-corrected chi connectivity index (χ4v) is 3.83. The number of hydrogen-bond donors (Lipinski definition) is 0. The molecule has 2 aliphatic rings. The number of carbonyl (C=O) groups is 2. The van der Waals surface area contributed by atoms with Crippen LogP contribution in [0.4, 0.5) is 4.79 Å². The highest BCUT2D eigenvalue weighted by molar-refractivity contribution is 5.81. The first kappa shape index (κ1) is 19.0. The SMILES string of the molecule is CC[C@@H]1[C@@H](C(=O)N2CC[C@@H](COC)C2)CCN1C(=O)OC(C)(C)C. The number of likely N-dealkylation sites (tertiary alicyclic amines) is 2. The molecule has 2 heterocycles. The molecular formula is C18H32N2O4. The monoisotopic (exact) mass is 340 g/mol. The van der Waals surface area contributed by atoms with E-state index in [9.17, 15) is 9.59 Å². The van der Waals surface area contributed by atoms with Crippen LogP contribution in [0.3, 0.4) is 0 Å². The second-order valence-corrected chi connectivity index (χ2v) is 7.94. The lowest BCUT2D eigenvalue weighted by atomic mass is 9.96. The van der Waals surface area contributed by atoms with E-state index in [1.165, 1.54) is 0 Å². The van der Waals surface area contributed by atoms with Gasteiger partial charge in [-0.1, -0.05) is 6.92 Å². The maximum atomic E-state index is 12.9. The van der Waals surface area contributed by atoms with Crippen molar-refractivity contribution in [2.45, 2.75) is 58.6 Å². The molecule has 2 fully saturated rings. The molecule has 0 aromatic heterocycles. The highest BCUT2D eigenvalue weighted by Crippen LogP contribution is 2.31. The van der Waals surface area contributed by atoms with Crippen LogP contribution in [0.1, 0.15) is 47.0 Å². The lowest BCUT2D eigenvalue weighted by Gasteiger charge is -2.31. The molecule has 3 atom stereocenters. The molecule has 2 aliphatic heterocycles. The number of ether oxygens (including phenoxy) is 2. The van der Waals surface area contributed by atoms with E-state index in [2.05, 4.69) is 0 Å². The molecule has 6 nitrogen and oxygen atoms in total. The minimum atomic E-state index is -0.514. The summed E-state index contributed by atoms with van der Waals surface area (Å²) in [6.45, 7) is 10.5. The molecule has 0 saturated carbocycles. The number of rotatable bonds is 4. The Hall–Kier alpha value is -1.30. The van der Waals surface area contributed by atoms with Gasteiger partial charge >= 0.3 is 6.09 Å². The average Bonchev–Trinajstić information content (AvgIpc) is 3.11. The average molecular weight is 340 g/mol. The molecule has 0 aliphatic carbocycles. The zero-order chi connectivity index (χ0) is 17.9. The molecule has 0 radical (unpaired) electrons. The third-order valence-electron chi connectivity index (χ3n) is 4.91. The Balaban J connectivity index is 1.99. The Labute approximate surface area is 145 Å². The molecular weight excluding hydrogens is 308 g/mol. The predicted molar refractivity (Wildman–Crippen MR) is 91.7 cm³/mol. The van der Waals surface area contributed by atoms with E-state index in [-0.39, 0.29) is 24.0 Å². The number of carbonyl (C=O) groups excluding carboxylic acids is 2. The highest BCUT2D eigenvalue weighted by atomic mass is 16.6. The van der Waals surface area contributed by atoms with Crippen molar-refractivity contribution >= 4 is 12.0 Å². The molecule has 138 valence electrons. The molecule has 0 N–H and O–H groups in total. The number of hydrogen-bond acceptors (Lipinski definition) is 4. The smallest absolute Gasteiger partial charge is 0.410 e. The van der Waals surface area contributed by atoms with Crippen molar-refractivity contribution in [2.24, 2.45) is 11.8 Å². The van der Waals surface area contributed by atoms with Crippen LogP contribution in [0.25, 0.3) is 0 Å². The first-order chi connectivity index (χ1) is 11.3. The Bertz CT molecular complexity index is 460. The van der Waals surface area contributed by atoms with E-state index in [0.717, 1.165) is 32.4 Å². The molecule has 24 heavy (non-hydrogen) atoms. The van der Waals surface area contributed by atoms with Gasteiger partial charge in [-0.25, -0.2) is 4.79 Å². The van der Waals surface area contributed by atoms with Crippen LogP contribution < -0.4 is 0 Å². The number of amides is 2. The fraction of sp³-hybridized carbons (Fsp3) is 0.889. The van der Waals surface area contributed by atoms with Gasteiger partial charge in [0.05, 0.1) is 12.5 Å². The summed E-state index contributed by atoms with van der Waals surface area (Å²) in [5.74, 6) is 0.512. The van der Waals surface area contributed by atoms with Crippen LogP contribution in [0.2, 0.25) is 0 Å². The van der Waals surface area contributed by atoms with E-state index in [4.69, 9.17) is 9.47 Å². The van der Waals surface area contributed by atoms with Gasteiger partial charge in [0.25, 0.3) is 0 Å². The van der Waals surface area contributed by atoms with E-state index in [0.29, 0.717) is 19.1 Å². The van der Waals surface area contributed by atoms with Crippen LogP contribution in [-0.4, -0.2) is 66.8 Å². The van der Waals surface area contributed by atoms with Gasteiger partial charge in [-0.3, -0.25) is 4.79 Å². The quantitative estimate of drug-likeness (QED) is 0.789. The summed E-state index contributed by atoms with van der Waals surface area (Å²) in [6, 6.07) is -0.0613. The van der Waals surface area contributed by atoms with Gasteiger partial charge in [0.15, 0.2) is 0 Å². The van der Waals surface area contributed by atoms with E-state index >= 15 is 0 Å². The second kappa shape index (κ2) is 7.72. The number of methoxy groups -OCH3 is 1. The topological polar surface area (TPSA) is 59.1 Å². The van der Waals surface area contributed by atoms with Crippen molar-refractivity contribution < 1.29 is 19.1 Å². The van der Waals surface area contributed by atoms with Crippen molar-refractivity contribution in [1.82, 2.24) is 9.80 Å². The summed E-state index contributed by atoms with van der Waals surface area (Å²) < 4.78 is 10.7. The van der Waals surface area contributed by atoms with E-state index in [1.807, 2.05) is 32.6 Å². The normalized spacial score (nSPS) is 27.6. The largest absolute Gasteiger partial charge is 0.444 e. The Morgan fingerprint density at radius 3 is 2.46 bits per heavy atom. The minimum absolute atomic E-state index is 0.0613. The van der Waals surface area contributed by atoms with Gasteiger partial charge in [0, 0.05) is 38.7 Å². The third-order valence-corrected chi connectivity index (χ3v) is 4.91. The molecule has 2 rings (SSSR count). The van der Waals surface area contributed by atoms with Gasteiger partial charge in [-0.15, -0.1) is 0 Å². The first-order valence-electron chi connectivity index (χ1n) is 9.04. The minimum Gasteiger partial charge on any atom is -0.444 e. The van der Waals surface area contributed by atoms with Crippen molar-refractivity contribution in [3.05, 3.63) is 0 Å². The molecule has 6 heteroatoms. The van der Waals surface area contributed by atoms with E-state index < -0.39 is 5.60 Å². The summed E-state index contributed by atoms with van der Waals surface area (Å²) in [6.07, 6.45) is 2.19. The maximum absolute atomic E-state index is 12.9. The van der Waals surface area contributed by atoms with E-state index in [1.54, 1.807) is 12.0 Å². The fourth-order valence-electron chi connectivity index (χ4n) is 3.83. The highest BCUT2D eigenvalue weighted by Gasteiger charge is 2.43. The van der Waals surface area contributed by atoms with Crippen molar-refractivity contribution in [3.63, 3.8) is 0 Å². The second-order valence-electron chi connectivity index (χ2n) is 7.94. The first-order valence-corrected chi connectivity index (χ1v) is 9.04. The van der Waals surface area contributed by atoms with Crippen molar-refractivity contribution in [1.29, 1.82) is 0 Å². The molecule has 0 aromatic rings. The maximum Gasteiger partial charge on any atom is 0.410 e. The molecule has 0 aromatic carbocycles. The van der Waals surface area contributed by atoms with Crippen molar-refractivity contribution in [2.75, 3.05) is 33.4 Å². The van der Waals surface area contributed by atoms with Crippen LogP contribution in [0.5, 0.6) is 0 Å². The Morgan fingerprint density at radius 1 is 1.17 bits per heavy atom. The van der Waals surface area contributed by atoms with Crippen LogP contribution in [0, 0.1) is 11.8 Å². The zero-order valence-corrected chi connectivity index (χ0v) is 15.7. The molecule has 0 unspecified atom stereocenters. The van der Waals surface area contributed by atoms with Gasteiger partial charge in [0.2, 0.25) is 5.91 Å². The standard InChI is InChI=1S/C18H32N2O4/c1-6-15-14(8-10-20(15)17(22)24-18(2,3)4)16(21)19-9-7-13(11-19)12-23-5/h13-15H,6-12H2,1-5H3/t13-,14+,15-/m1/s1. The molecule has 2 amide bonds. The Kier molecular flexibility index (Phi) is 6.12. The Morgan fingerprint density at radius 2 is 1.88 bits per heavy atom. The summed E-state index contributed by atoms with van der Waals surface area (Å²) >= 11 is 0. The molecule has 0 bridgehead atoms. The molecule has 2 saturated heterocycles. The van der Waals surface area contributed by atoms with Crippen LogP contribution >= 0.6 is 0 Å². The van der Waals surface area contributed by atoms with Gasteiger partial charge in [-0.05, 0) is 40.0 Å². The summed E-state index contributed by atoms with van der Waals surface area (Å²) in [4.78, 5) is 29.0. The summed E-state index contributed by atoms with van der Waals surface area (Å²) in [5, 5.41) is 0. The van der Waals surface area contributed by atoms with Gasteiger partial charge in [-0.2, -0.15) is 0 Å². The molecule has 0 spiro atoms. The van der Waals surface area contributed by atoms with Crippen LogP contribution in [-0.2, 0) is 14.3 Å². The van der Waals surface area contributed by atoms with Gasteiger partial charge < -0.3 is 19.3 Å². The third kappa shape index (κ3) is 4.41. The van der Waals surface area contributed by atoms with Crippen LogP contribution in [0.15, 0.2) is 0 Å².